The molecule has 0 unspecified atom stereocenters. The van der Waals surface area contributed by atoms with Crippen molar-refractivity contribution in [2.45, 2.75) is 29.8 Å². The molecule has 6 atom stereocenters. The number of phenolic OH excluding ortho intramolecular Hbond substituents is 1. The van der Waals surface area contributed by atoms with E-state index in [0.29, 0.717) is 0 Å². The molecule has 33 heavy (non-hydrogen) atoms. The summed E-state index contributed by atoms with van der Waals surface area (Å²) in [6.07, 6.45) is -2.03. The van der Waals surface area contributed by atoms with Crippen molar-refractivity contribution < 1.29 is 45.0 Å². The van der Waals surface area contributed by atoms with E-state index >= 15 is 0 Å². The van der Waals surface area contributed by atoms with E-state index in [4.69, 9.17) is 5.73 Å². The molecule has 11 nitrogen and oxygen atoms in total. The third-order valence-corrected chi connectivity index (χ3v) is 7.09. The highest BCUT2D eigenvalue weighted by Crippen LogP contribution is 2.56. The van der Waals surface area contributed by atoms with E-state index in [2.05, 4.69) is 0 Å². The van der Waals surface area contributed by atoms with Crippen LogP contribution >= 0.6 is 0 Å². The number of hydrogen-bond acceptors (Lipinski definition) is 10. The first kappa shape index (κ1) is 22.9. The summed E-state index contributed by atoms with van der Waals surface area (Å²) < 4.78 is 0. The molecule has 0 spiro atoms. The van der Waals surface area contributed by atoms with Gasteiger partial charge in [0.25, 0.3) is 5.91 Å². The molecular weight excluding hydrogens is 436 g/mol. The van der Waals surface area contributed by atoms with Crippen LogP contribution in [0.1, 0.15) is 11.1 Å². The molecule has 8 N–H and O–H groups in total. The third-order valence-electron chi connectivity index (χ3n) is 7.09. The van der Waals surface area contributed by atoms with Crippen LogP contribution in [-0.4, -0.2) is 85.4 Å². The van der Waals surface area contributed by atoms with Crippen molar-refractivity contribution in [2.24, 2.45) is 17.6 Å². The number of benzene rings is 1. The van der Waals surface area contributed by atoms with Crippen LogP contribution < -0.4 is 5.73 Å². The van der Waals surface area contributed by atoms with Crippen molar-refractivity contribution in [3.8, 4) is 5.75 Å². The number of carbonyl (C=O) groups excluding carboxylic acids is 3. The number of likely N-dealkylation sites (N-methyl/N-ethyl adjacent to an activating group) is 1. The van der Waals surface area contributed by atoms with Crippen LogP contribution in [0.25, 0.3) is 0 Å². The second-order valence-corrected chi connectivity index (χ2v) is 8.92. The summed E-state index contributed by atoms with van der Waals surface area (Å²) in [5, 5.41) is 66.5. The summed E-state index contributed by atoms with van der Waals surface area (Å²) in [4.78, 5) is 38.6. The van der Waals surface area contributed by atoms with E-state index in [-0.39, 0.29) is 35.2 Å². The first-order valence-corrected chi connectivity index (χ1v) is 10.1. The average molecular weight is 460 g/mol. The van der Waals surface area contributed by atoms with Crippen molar-refractivity contribution >= 4 is 18.0 Å². The van der Waals surface area contributed by atoms with Gasteiger partial charge in [0.05, 0.1) is 24.0 Å². The molecule has 0 bridgehead atoms. The fraction of sp³-hybridized carbons (Fsp3) is 0.409. The Morgan fingerprint density at radius 1 is 1.21 bits per heavy atom. The standard InChI is InChI=1S/C22H24N2O9/c1-24(2)15-14-17(28)13-9(6-8-10(21(13,32)7-25)4-3-5-11(8)26)18(29)22(14,33)19(30)12(16(15)27)20(23)31/h3-5,7,13-15,17,26-29,32-33H,6H2,1-2H3,(H2,23,31)/t13-,14-,15+,17+,21-,22+/m1/s1. The Kier molecular flexibility index (Phi) is 4.95. The van der Waals surface area contributed by atoms with Crippen molar-refractivity contribution in [1.29, 1.82) is 0 Å². The number of nitrogens with zero attached hydrogens (tertiary/aromatic N) is 1. The smallest absolute Gasteiger partial charge is 0.255 e. The van der Waals surface area contributed by atoms with Gasteiger partial charge in [-0.1, -0.05) is 12.1 Å². The summed E-state index contributed by atoms with van der Waals surface area (Å²) in [6.45, 7) is 0. The highest BCUT2D eigenvalue weighted by atomic mass is 16.4. The van der Waals surface area contributed by atoms with Gasteiger partial charge in [-0.15, -0.1) is 0 Å². The van der Waals surface area contributed by atoms with E-state index in [0.717, 1.165) is 0 Å². The maximum atomic E-state index is 13.2. The molecule has 176 valence electrons. The van der Waals surface area contributed by atoms with E-state index in [1.807, 2.05) is 0 Å². The van der Waals surface area contributed by atoms with Crippen LogP contribution in [0.15, 0.2) is 40.9 Å². The number of amides is 1. The van der Waals surface area contributed by atoms with Crippen LogP contribution in [0.2, 0.25) is 0 Å². The highest BCUT2D eigenvalue weighted by molar-refractivity contribution is 6.24. The number of primary amides is 1. The number of carbonyl (C=O) groups is 3. The minimum atomic E-state index is -2.90. The van der Waals surface area contributed by atoms with Crippen molar-refractivity contribution in [3.63, 3.8) is 0 Å². The zero-order chi connectivity index (χ0) is 24.6. The highest BCUT2D eigenvalue weighted by Gasteiger charge is 2.68. The molecule has 0 saturated heterocycles. The molecule has 0 heterocycles. The number of aldehydes is 1. The van der Waals surface area contributed by atoms with Gasteiger partial charge in [-0.25, -0.2) is 0 Å². The van der Waals surface area contributed by atoms with E-state index in [1.165, 1.54) is 37.2 Å². The third kappa shape index (κ3) is 2.67. The zero-order valence-electron chi connectivity index (χ0n) is 17.8. The van der Waals surface area contributed by atoms with Crippen LogP contribution in [0.3, 0.4) is 0 Å². The van der Waals surface area contributed by atoms with Crippen LogP contribution in [0, 0.1) is 11.8 Å². The van der Waals surface area contributed by atoms with Crippen molar-refractivity contribution in [3.05, 3.63) is 52.0 Å². The lowest BCUT2D eigenvalue weighted by Gasteiger charge is -2.55. The molecule has 1 aromatic rings. The summed E-state index contributed by atoms with van der Waals surface area (Å²) in [7, 11) is 2.86. The molecule has 3 aliphatic rings. The molecule has 11 heteroatoms. The monoisotopic (exact) mass is 460 g/mol. The average Bonchev–Trinajstić information content (AvgIpc) is 2.74. The Hall–Kier alpha value is -3.25. The molecule has 1 amide bonds. The van der Waals surface area contributed by atoms with Gasteiger partial charge < -0.3 is 36.4 Å². The normalized spacial score (nSPS) is 35.8. The van der Waals surface area contributed by atoms with Gasteiger partial charge in [0.15, 0.2) is 17.5 Å². The second-order valence-electron chi connectivity index (χ2n) is 8.92. The molecule has 1 aromatic carbocycles. The number of aliphatic hydroxyl groups excluding tert-OH is 3. The SMILES string of the molecule is CN(C)[C@@H]1C(O)=C(C(N)=O)C(=O)[C@@]2(O)C(O)=C3Cc4c(O)cccc4[C@](O)(C=O)[C@H]3[C@H](O)[C@@H]12. The molecular formula is C22H24N2O9. The van der Waals surface area contributed by atoms with Crippen LogP contribution in [0.4, 0.5) is 0 Å². The van der Waals surface area contributed by atoms with E-state index in [1.54, 1.807) is 0 Å². The van der Waals surface area contributed by atoms with E-state index in [9.17, 15) is 45.0 Å². The van der Waals surface area contributed by atoms with Gasteiger partial charge in [0.2, 0.25) is 5.78 Å². The number of aliphatic hydroxyl groups is 5. The molecule has 0 radical (unpaired) electrons. The number of phenols is 1. The topological polar surface area (TPSA) is 202 Å². The number of ketones is 1. The molecule has 0 fully saturated rings. The molecule has 3 aliphatic carbocycles. The molecule has 0 aromatic heterocycles. The lowest BCUT2D eigenvalue weighted by atomic mass is 9.54. The second kappa shape index (κ2) is 7.12. The summed E-state index contributed by atoms with van der Waals surface area (Å²) in [6, 6.07) is 2.67. The Balaban J connectivity index is 2.07. The number of rotatable bonds is 3. The first-order valence-electron chi connectivity index (χ1n) is 10.1. The number of hydrogen-bond donors (Lipinski definition) is 7. The minimum absolute atomic E-state index is 0.00957. The molecule has 0 aliphatic heterocycles. The Labute approximate surface area is 187 Å². The summed E-state index contributed by atoms with van der Waals surface area (Å²) in [5.41, 5.74) is -1.23. The van der Waals surface area contributed by atoms with E-state index < -0.39 is 64.0 Å². The van der Waals surface area contributed by atoms with Gasteiger partial charge in [0, 0.05) is 12.0 Å². The summed E-state index contributed by atoms with van der Waals surface area (Å²) >= 11 is 0. The predicted molar refractivity (Wildman–Crippen MR) is 111 cm³/mol. The Morgan fingerprint density at radius 2 is 1.85 bits per heavy atom. The van der Waals surface area contributed by atoms with Crippen LogP contribution in [0.5, 0.6) is 5.75 Å². The Bertz CT molecular complexity index is 1160. The van der Waals surface area contributed by atoms with Crippen molar-refractivity contribution in [1.82, 2.24) is 4.90 Å². The lowest BCUT2D eigenvalue weighted by Crippen LogP contribution is -2.69. The number of fused-ring (bicyclic) bond motifs is 3. The fourth-order valence-corrected chi connectivity index (χ4v) is 5.66. The molecule has 4 rings (SSSR count). The van der Waals surface area contributed by atoms with Gasteiger partial charge in [0.1, 0.15) is 22.8 Å². The summed E-state index contributed by atoms with van der Waals surface area (Å²) in [5.74, 6) is -8.11. The quantitative estimate of drug-likeness (QED) is 0.201. The number of nitrogens with two attached hydrogens (primary N) is 1. The predicted octanol–water partition coefficient (Wildman–Crippen LogP) is -1.70. The number of aromatic hydroxyl groups is 1. The Morgan fingerprint density at radius 3 is 2.39 bits per heavy atom. The maximum Gasteiger partial charge on any atom is 0.255 e. The largest absolute Gasteiger partial charge is 0.510 e. The van der Waals surface area contributed by atoms with Crippen molar-refractivity contribution in [2.75, 3.05) is 14.1 Å². The van der Waals surface area contributed by atoms with Gasteiger partial charge in [-0.05, 0) is 31.3 Å². The van der Waals surface area contributed by atoms with Gasteiger partial charge in [-0.2, -0.15) is 0 Å². The first-order chi connectivity index (χ1) is 15.3. The van der Waals surface area contributed by atoms with Gasteiger partial charge >= 0.3 is 0 Å². The lowest BCUT2D eigenvalue weighted by molar-refractivity contribution is -0.177. The zero-order valence-corrected chi connectivity index (χ0v) is 17.8. The number of Topliss-reactive ketones (excluding diaryl/α,β-unsaturated/α-hetero) is 1. The maximum absolute atomic E-state index is 13.2. The minimum Gasteiger partial charge on any atom is -0.510 e. The van der Waals surface area contributed by atoms with Crippen LogP contribution in [-0.2, 0) is 26.4 Å². The van der Waals surface area contributed by atoms with Gasteiger partial charge in [-0.3, -0.25) is 19.3 Å². The fourth-order valence-electron chi connectivity index (χ4n) is 5.66. The molecule has 0 saturated carbocycles.